The first-order chi connectivity index (χ1) is 16.2. The quantitative estimate of drug-likeness (QED) is 0.464. The highest BCUT2D eigenvalue weighted by Crippen LogP contribution is 2.39. The van der Waals surface area contributed by atoms with Gasteiger partial charge in [-0.05, 0) is 49.8 Å². The molecular weight excluding hydrogens is 412 g/mol. The fraction of sp³-hybridized carbons (Fsp3) is 0.321. The molecule has 3 aromatic rings. The first-order valence-electron chi connectivity index (χ1n) is 11.7. The minimum absolute atomic E-state index is 0.0563. The molecule has 2 saturated heterocycles. The summed E-state index contributed by atoms with van der Waals surface area (Å²) in [5, 5.41) is 0. The van der Waals surface area contributed by atoms with E-state index in [1.54, 1.807) is 6.20 Å². The van der Waals surface area contributed by atoms with Crippen LogP contribution in [0.4, 0.5) is 4.79 Å². The summed E-state index contributed by atoms with van der Waals surface area (Å²) in [5.41, 5.74) is 3.61. The van der Waals surface area contributed by atoms with Crippen molar-refractivity contribution in [2.24, 2.45) is 5.92 Å². The number of fused-ring (bicyclic) bond motifs is 2. The van der Waals surface area contributed by atoms with Crippen molar-refractivity contribution in [1.29, 1.82) is 0 Å². The predicted molar refractivity (Wildman–Crippen MR) is 127 cm³/mol. The summed E-state index contributed by atoms with van der Waals surface area (Å²) in [5.74, 6) is 0.121. The molecule has 168 valence electrons. The Bertz CT molecular complexity index is 1090. The molecule has 2 unspecified atom stereocenters. The normalized spacial score (nSPS) is 21.9. The molecule has 2 atom stereocenters. The molecule has 5 heteroatoms. The first-order valence-corrected chi connectivity index (χ1v) is 11.7. The maximum Gasteiger partial charge on any atom is 0.410 e. The van der Waals surface area contributed by atoms with E-state index in [1.807, 2.05) is 77.7 Å². The molecule has 2 bridgehead atoms. The highest BCUT2D eigenvalue weighted by molar-refractivity contribution is 5.98. The number of carbonyl (C=O) groups is 2. The number of benzene rings is 2. The van der Waals surface area contributed by atoms with Crippen molar-refractivity contribution in [2.75, 3.05) is 0 Å². The number of carbonyl (C=O) groups excluding carboxylic acids is 2. The van der Waals surface area contributed by atoms with Crippen LogP contribution in [-0.4, -0.2) is 33.8 Å². The monoisotopic (exact) mass is 440 g/mol. The third-order valence-electron chi connectivity index (χ3n) is 6.89. The van der Waals surface area contributed by atoms with Gasteiger partial charge in [0.15, 0.2) is 5.78 Å². The SMILES string of the molecule is O=C(c1ccc(-c2ccccn2)cc1)C1CC2CCCC(C1)N2C(=O)OCc1ccccc1. The van der Waals surface area contributed by atoms with Gasteiger partial charge < -0.3 is 9.64 Å². The van der Waals surface area contributed by atoms with Crippen molar-refractivity contribution < 1.29 is 14.3 Å². The lowest BCUT2D eigenvalue weighted by Gasteiger charge is -2.47. The molecule has 5 rings (SSSR count). The van der Waals surface area contributed by atoms with E-state index in [4.69, 9.17) is 4.74 Å². The van der Waals surface area contributed by atoms with Crippen LogP contribution in [0.3, 0.4) is 0 Å². The molecule has 0 spiro atoms. The number of nitrogens with zero attached hydrogens (tertiary/aromatic N) is 2. The molecule has 3 heterocycles. The molecule has 2 fully saturated rings. The molecule has 0 aliphatic carbocycles. The Labute approximate surface area is 194 Å². The topological polar surface area (TPSA) is 59.5 Å². The molecular formula is C28H28N2O3. The second-order valence-corrected chi connectivity index (χ2v) is 9.01. The van der Waals surface area contributed by atoms with E-state index in [0.717, 1.165) is 41.6 Å². The molecule has 2 aliphatic rings. The van der Waals surface area contributed by atoms with Gasteiger partial charge in [-0.3, -0.25) is 9.78 Å². The largest absolute Gasteiger partial charge is 0.445 e. The number of hydrogen-bond donors (Lipinski definition) is 0. The summed E-state index contributed by atoms with van der Waals surface area (Å²) in [6.07, 6.45) is 5.89. The maximum absolute atomic E-state index is 13.3. The van der Waals surface area contributed by atoms with Crippen LogP contribution in [0.25, 0.3) is 11.3 Å². The number of hydrogen-bond acceptors (Lipinski definition) is 4. The molecule has 0 radical (unpaired) electrons. The molecule has 1 aromatic heterocycles. The average Bonchev–Trinajstić information content (AvgIpc) is 2.87. The van der Waals surface area contributed by atoms with E-state index in [2.05, 4.69) is 4.98 Å². The molecule has 0 saturated carbocycles. The van der Waals surface area contributed by atoms with Gasteiger partial charge in [-0.15, -0.1) is 0 Å². The van der Waals surface area contributed by atoms with Crippen LogP contribution >= 0.6 is 0 Å². The van der Waals surface area contributed by atoms with Gasteiger partial charge in [0.25, 0.3) is 0 Å². The Morgan fingerprint density at radius 1 is 0.879 bits per heavy atom. The molecule has 2 aromatic carbocycles. The average molecular weight is 441 g/mol. The van der Waals surface area contributed by atoms with Crippen LogP contribution in [-0.2, 0) is 11.3 Å². The third-order valence-corrected chi connectivity index (χ3v) is 6.89. The Kier molecular flexibility index (Phi) is 6.20. The number of piperidine rings is 2. The lowest BCUT2D eigenvalue weighted by molar-refractivity contribution is 0.00473. The molecule has 2 aliphatic heterocycles. The van der Waals surface area contributed by atoms with Crippen LogP contribution in [0.2, 0.25) is 0 Å². The standard InChI is InChI=1S/C28H28N2O3/c31-27(22-14-12-21(13-15-22)26-11-4-5-16-29-26)23-17-24-9-6-10-25(18-23)30(24)28(32)33-19-20-7-2-1-3-8-20/h1-5,7-8,11-16,23-25H,6,9-10,17-19H2. The number of Topliss-reactive ketones (excluding diaryl/α,β-unsaturated/α-hetero) is 1. The van der Waals surface area contributed by atoms with Crippen LogP contribution in [0.15, 0.2) is 79.0 Å². The van der Waals surface area contributed by atoms with Gasteiger partial charge in [-0.25, -0.2) is 4.79 Å². The summed E-state index contributed by atoms with van der Waals surface area (Å²) in [4.78, 5) is 32.5. The zero-order valence-electron chi connectivity index (χ0n) is 18.6. The van der Waals surface area contributed by atoms with E-state index in [1.165, 1.54) is 0 Å². The van der Waals surface area contributed by atoms with Gasteiger partial charge in [-0.1, -0.05) is 60.7 Å². The van der Waals surface area contributed by atoms with Crippen molar-refractivity contribution in [3.05, 3.63) is 90.1 Å². The highest BCUT2D eigenvalue weighted by Gasteiger charge is 2.43. The van der Waals surface area contributed by atoms with E-state index in [-0.39, 0.29) is 36.5 Å². The van der Waals surface area contributed by atoms with Crippen molar-refractivity contribution in [1.82, 2.24) is 9.88 Å². The lowest BCUT2D eigenvalue weighted by Crippen LogP contribution is -2.55. The minimum Gasteiger partial charge on any atom is -0.445 e. The van der Waals surface area contributed by atoms with Gasteiger partial charge in [-0.2, -0.15) is 0 Å². The predicted octanol–water partition coefficient (Wildman–Crippen LogP) is 5.90. The summed E-state index contributed by atoms with van der Waals surface area (Å²) in [6.45, 7) is 0.278. The number of aromatic nitrogens is 1. The van der Waals surface area contributed by atoms with Crippen molar-refractivity contribution in [3.63, 3.8) is 0 Å². The van der Waals surface area contributed by atoms with Gasteiger partial charge in [0.1, 0.15) is 6.61 Å². The van der Waals surface area contributed by atoms with Gasteiger partial charge in [0.05, 0.1) is 5.69 Å². The van der Waals surface area contributed by atoms with E-state index in [9.17, 15) is 9.59 Å². The number of amides is 1. The van der Waals surface area contributed by atoms with E-state index >= 15 is 0 Å². The molecule has 1 amide bonds. The van der Waals surface area contributed by atoms with Crippen LogP contribution < -0.4 is 0 Å². The summed E-state index contributed by atoms with van der Waals surface area (Å²) in [7, 11) is 0. The minimum atomic E-state index is -0.251. The van der Waals surface area contributed by atoms with E-state index < -0.39 is 0 Å². The van der Waals surface area contributed by atoms with Gasteiger partial charge in [0, 0.05) is 35.3 Å². The Balaban J connectivity index is 1.24. The molecule has 0 N–H and O–H groups in total. The summed E-state index contributed by atoms with van der Waals surface area (Å²) in [6, 6.07) is 23.4. The zero-order chi connectivity index (χ0) is 22.6. The highest BCUT2D eigenvalue weighted by atomic mass is 16.6. The van der Waals surface area contributed by atoms with Crippen LogP contribution in [0.1, 0.15) is 48.0 Å². The second-order valence-electron chi connectivity index (χ2n) is 9.01. The number of ether oxygens (including phenoxy) is 1. The second kappa shape index (κ2) is 9.57. The maximum atomic E-state index is 13.3. The van der Waals surface area contributed by atoms with Crippen molar-refractivity contribution in [3.8, 4) is 11.3 Å². The van der Waals surface area contributed by atoms with Crippen molar-refractivity contribution in [2.45, 2.75) is 50.8 Å². The first kappa shape index (κ1) is 21.4. The van der Waals surface area contributed by atoms with Gasteiger partial charge >= 0.3 is 6.09 Å². The Hall–Kier alpha value is -3.47. The van der Waals surface area contributed by atoms with Crippen molar-refractivity contribution >= 4 is 11.9 Å². The number of rotatable bonds is 5. The zero-order valence-corrected chi connectivity index (χ0v) is 18.6. The number of ketones is 1. The van der Waals surface area contributed by atoms with Crippen LogP contribution in [0, 0.1) is 5.92 Å². The Morgan fingerprint density at radius 3 is 2.24 bits per heavy atom. The smallest absolute Gasteiger partial charge is 0.410 e. The summed E-state index contributed by atoms with van der Waals surface area (Å²) >= 11 is 0. The fourth-order valence-electron chi connectivity index (χ4n) is 5.26. The third kappa shape index (κ3) is 4.68. The van der Waals surface area contributed by atoms with Gasteiger partial charge in [0.2, 0.25) is 0 Å². The molecule has 33 heavy (non-hydrogen) atoms. The summed E-state index contributed by atoms with van der Waals surface area (Å²) < 4.78 is 5.64. The van der Waals surface area contributed by atoms with E-state index in [0.29, 0.717) is 12.8 Å². The molecule has 5 nitrogen and oxygen atoms in total. The fourth-order valence-corrected chi connectivity index (χ4v) is 5.26. The number of pyridine rings is 1. The van der Waals surface area contributed by atoms with Crippen LogP contribution in [0.5, 0.6) is 0 Å². The lowest BCUT2D eigenvalue weighted by atomic mass is 9.76. The Morgan fingerprint density at radius 2 is 1.58 bits per heavy atom.